The first kappa shape index (κ1) is 25.0. The number of hydrogen-bond donors (Lipinski definition) is 1. The van der Waals surface area contributed by atoms with Crippen molar-refractivity contribution in [3.05, 3.63) is 53.5 Å². The molecule has 0 saturated carbocycles. The normalized spacial score (nSPS) is 28.7. The molecule has 188 valence electrons. The number of aliphatic imine (C=N–C) groups is 1. The molecule has 4 rings (SSSR count). The maximum Gasteiger partial charge on any atom is 0.252 e. The predicted octanol–water partition coefficient (Wildman–Crippen LogP) is 4.69. The van der Waals surface area contributed by atoms with E-state index in [1.165, 1.54) is 5.57 Å². The zero-order valence-corrected chi connectivity index (χ0v) is 22.0. The Bertz CT molecular complexity index is 1100. The summed E-state index contributed by atoms with van der Waals surface area (Å²) < 4.78 is 11.2. The first-order valence-corrected chi connectivity index (χ1v) is 12.4. The molecule has 1 fully saturated rings. The average molecular weight is 479 g/mol. The third-order valence-corrected chi connectivity index (χ3v) is 6.95. The number of anilines is 1. The Morgan fingerprint density at radius 2 is 1.94 bits per heavy atom. The molecule has 3 aliphatic rings. The number of methoxy groups -OCH3 is 2. The van der Waals surface area contributed by atoms with Gasteiger partial charge in [0, 0.05) is 74.4 Å². The highest BCUT2D eigenvalue weighted by Crippen LogP contribution is 2.34. The molecule has 1 saturated heterocycles. The summed E-state index contributed by atoms with van der Waals surface area (Å²) in [5.74, 6) is 1.93. The summed E-state index contributed by atoms with van der Waals surface area (Å²) in [6.45, 7) is 9.13. The summed E-state index contributed by atoms with van der Waals surface area (Å²) in [7, 11) is 5.34. The van der Waals surface area contributed by atoms with Crippen LogP contribution in [0.5, 0.6) is 5.75 Å². The monoisotopic (exact) mass is 478 g/mol. The van der Waals surface area contributed by atoms with Gasteiger partial charge in [-0.3, -0.25) is 4.79 Å². The van der Waals surface area contributed by atoms with E-state index in [0.29, 0.717) is 13.0 Å². The van der Waals surface area contributed by atoms with Gasteiger partial charge in [0.05, 0.1) is 7.11 Å². The van der Waals surface area contributed by atoms with Gasteiger partial charge in [0.2, 0.25) is 0 Å². The second-order valence-electron chi connectivity index (χ2n) is 10.2. The molecule has 0 spiro atoms. The summed E-state index contributed by atoms with van der Waals surface area (Å²) in [6.07, 6.45) is 7.53. The summed E-state index contributed by atoms with van der Waals surface area (Å²) in [6, 6.07) is 6.35. The van der Waals surface area contributed by atoms with Crippen LogP contribution in [0.1, 0.15) is 46.1 Å². The van der Waals surface area contributed by atoms with Crippen LogP contribution < -0.4 is 10.1 Å². The fourth-order valence-electron chi connectivity index (χ4n) is 5.20. The van der Waals surface area contributed by atoms with Gasteiger partial charge in [0.15, 0.2) is 0 Å². The zero-order valence-electron chi connectivity index (χ0n) is 22.0. The second kappa shape index (κ2) is 10.3. The molecule has 0 aliphatic carbocycles. The minimum absolute atomic E-state index is 0.0502. The van der Waals surface area contributed by atoms with Crippen LogP contribution in [0.2, 0.25) is 0 Å². The maximum atomic E-state index is 13.1. The highest BCUT2D eigenvalue weighted by molar-refractivity contribution is 5.99. The van der Waals surface area contributed by atoms with E-state index in [2.05, 4.69) is 68.4 Å². The number of nitrogens with zero attached hydrogens (tertiary/aromatic N) is 3. The van der Waals surface area contributed by atoms with E-state index < -0.39 is 0 Å². The molecule has 7 nitrogen and oxygen atoms in total. The van der Waals surface area contributed by atoms with E-state index in [9.17, 15) is 4.79 Å². The van der Waals surface area contributed by atoms with Gasteiger partial charge in [0.25, 0.3) is 5.91 Å². The van der Waals surface area contributed by atoms with Gasteiger partial charge in [0.1, 0.15) is 17.7 Å². The highest BCUT2D eigenvalue weighted by atomic mass is 16.5. The smallest absolute Gasteiger partial charge is 0.252 e. The number of rotatable bonds is 3. The van der Waals surface area contributed by atoms with Crippen molar-refractivity contribution in [1.82, 2.24) is 9.80 Å². The van der Waals surface area contributed by atoms with Crippen molar-refractivity contribution in [2.45, 2.75) is 58.7 Å². The van der Waals surface area contributed by atoms with Crippen molar-refractivity contribution >= 4 is 22.9 Å². The Balaban J connectivity index is 1.89. The first-order chi connectivity index (χ1) is 16.7. The first-order valence-electron chi connectivity index (χ1n) is 12.4. The summed E-state index contributed by atoms with van der Waals surface area (Å²) in [5, 5.41) is 3.61. The highest BCUT2D eigenvalue weighted by Gasteiger charge is 2.41. The van der Waals surface area contributed by atoms with Gasteiger partial charge in [-0.2, -0.15) is 0 Å². The van der Waals surface area contributed by atoms with Gasteiger partial charge in [-0.05, 0) is 51.0 Å². The van der Waals surface area contributed by atoms with Crippen LogP contribution in [0.3, 0.4) is 0 Å². The lowest BCUT2D eigenvalue weighted by Crippen LogP contribution is -2.43. The Morgan fingerprint density at radius 3 is 2.63 bits per heavy atom. The topological polar surface area (TPSA) is 66.4 Å². The number of hydrogen-bond acceptors (Lipinski definition) is 6. The van der Waals surface area contributed by atoms with E-state index in [-0.39, 0.29) is 30.0 Å². The van der Waals surface area contributed by atoms with Crippen LogP contribution in [0, 0.1) is 5.92 Å². The van der Waals surface area contributed by atoms with Gasteiger partial charge in [-0.25, -0.2) is 4.99 Å². The van der Waals surface area contributed by atoms with Crippen LogP contribution in [0.15, 0.2) is 52.9 Å². The van der Waals surface area contributed by atoms with Crippen molar-refractivity contribution in [2.24, 2.45) is 10.9 Å². The fourth-order valence-corrected chi connectivity index (χ4v) is 5.20. The second-order valence-corrected chi connectivity index (χ2v) is 10.2. The molecular weight excluding hydrogens is 440 g/mol. The molecule has 3 heterocycles. The standard InChI is InChI=1S/C28H38N4O3/c1-17(2)10-24-20-12-21(14-23(13-20)34-6)29-19(4)16-32-22(15-26(35-7)28(32)33)11-18(3)25-8-9-31(5)27(24)30-25/h8-10,12-14,18-19,22,26,29H,11,15-16H2,1-7H3/b27-24+/t18?,19?,22?,26-/m1/s1. The molecular formula is C28H38N4O3. The molecule has 1 N–H and O–H groups in total. The molecule has 1 amide bonds. The maximum absolute atomic E-state index is 13.1. The van der Waals surface area contributed by atoms with E-state index in [0.717, 1.165) is 40.5 Å². The number of ether oxygens (including phenoxy) is 2. The number of allylic oxidation sites excluding steroid dienone is 4. The van der Waals surface area contributed by atoms with Crippen LogP contribution >= 0.6 is 0 Å². The Labute approximate surface area is 209 Å². The zero-order chi connectivity index (χ0) is 25.3. The Hall–Kier alpha value is -3.06. The molecule has 7 heteroatoms. The third-order valence-electron chi connectivity index (χ3n) is 6.95. The number of nitrogens with one attached hydrogen (secondary N) is 1. The van der Waals surface area contributed by atoms with Crippen molar-refractivity contribution in [3.63, 3.8) is 0 Å². The molecule has 0 aromatic heterocycles. The van der Waals surface area contributed by atoms with E-state index in [1.54, 1.807) is 14.2 Å². The van der Waals surface area contributed by atoms with E-state index in [1.807, 2.05) is 18.0 Å². The molecule has 3 aliphatic heterocycles. The van der Waals surface area contributed by atoms with E-state index in [4.69, 9.17) is 14.5 Å². The molecule has 4 bridgehead atoms. The summed E-state index contributed by atoms with van der Waals surface area (Å²) in [5.41, 5.74) is 5.24. The molecule has 0 radical (unpaired) electrons. The van der Waals surface area contributed by atoms with Crippen molar-refractivity contribution in [2.75, 3.05) is 33.1 Å². The number of benzene rings is 1. The summed E-state index contributed by atoms with van der Waals surface area (Å²) in [4.78, 5) is 22.4. The molecule has 1 aromatic rings. The lowest BCUT2D eigenvalue weighted by Gasteiger charge is -2.31. The quantitative estimate of drug-likeness (QED) is 0.683. The lowest BCUT2D eigenvalue weighted by atomic mass is 9.93. The van der Waals surface area contributed by atoms with E-state index >= 15 is 0 Å². The van der Waals surface area contributed by atoms with Crippen molar-refractivity contribution in [1.29, 1.82) is 0 Å². The number of carbonyl (C=O) groups excluding carboxylic acids is 1. The van der Waals surface area contributed by atoms with Crippen LogP contribution in [0.25, 0.3) is 5.57 Å². The van der Waals surface area contributed by atoms with Crippen molar-refractivity contribution in [3.8, 4) is 5.75 Å². The predicted molar refractivity (Wildman–Crippen MR) is 141 cm³/mol. The Kier molecular flexibility index (Phi) is 7.36. The fraction of sp³-hybridized carbons (Fsp3) is 0.500. The lowest BCUT2D eigenvalue weighted by molar-refractivity contribution is -0.136. The number of amides is 1. The van der Waals surface area contributed by atoms with Gasteiger partial charge >= 0.3 is 0 Å². The molecule has 4 atom stereocenters. The SMILES string of the molecule is COc1cc2cc(c1)/C(C=C(C)C)=C1\N=C(C=CN1C)C(C)CC1C[C@@H](OC)C(=O)N1CC(C)N2. The number of fused-ring (bicyclic) bond motifs is 4. The van der Waals surface area contributed by atoms with Crippen LogP contribution in [-0.2, 0) is 9.53 Å². The van der Waals surface area contributed by atoms with Gasteiger partial charge in [-0.1, -0.05) is 18.6 Å². The van der Waals surface area contributed by atoms with Gasteiger partial charge < -0.3 is 24.6 Å². The molecule has 1 aromatic carbocycles. The minimum Gasteiger partial charge on any atom is -0.497 e. The molecule has 35 heavy (non-hydrogen) atoms. The average Bonchev–Trinajstić information content (AvgIpc) is 3.11. The minimum atomic E-state index is -0.381. The third kappa shape index (κ3) is 5.30. The van der Waals surface area contributed by atoms with Gasteiger partial charge in [-0.15, -0.1) is 0 Å². The molecule has 3 unspecified atom stereocenters. The van der Waals surface area contributed by atoms with Crippen LogP contribution in [0.4, 0.5) is 5.69 Å². The largest absolute Gasteiger partial charge is 0.497 e. The number of carbonyl (C=O) groups is 1. The summed E-state index contributed by atoms with van der Waals surface area (Å²) >= 11 is 0. The Morgan fingerprint density at radius 1 is 1.17 bits per heavy atom. The van der Waals surface area contributed by atoms with Crippen molar-refractivity contribution < 1.29 is 14.3 Å². The van der Waals surface area contributed by atoms with Crippen LogP contribution in [-0.4, -0.2) is 67.4 Å².